The van der Waals surface area contributed by atoms with E-state index in [2.05, 4.69) is 140 Å². The molecule has 0 aromatic heterocycles. The van der Waals surface area contributed by atoms with E-state index < -0.39 is 0 Å². The van der Waals surface area contributed by atoms with Crippen molar-refractivity contribution < 1.29 is 0 Å². The summed E-state index contributed by atoms with van der Waals surface area (Å²) in [7, 11) is 0. The summed E-state index contributed by atoms with van der Waals surface area (Å²) >= 11 is 0. The third-order valence-electron chi connectivity index (χ3n) is 7.77. The second-order valence-electron chi connectivity index (χ2n) is 10.1. The van der Waals surface area contributed by atoms with Crippen LogP contribution in [0.25, 0.3) is 66.1 Å². The maximum atomic E-state index is 7.47. The lowest BCUT2D eigenvalue weighted by molar-refractivity contribution is 1.53. The minimum atomic E-state index is 0.910. The zero-order valence-corrected chi connectivity index (χ0v) is 22.0. The predicted molar refractivity (Wildman–Crippen MR) is 171 cm³/mol. The van der Waals surface area contributed by atoms with E-state index in [0.29, 0.717) is 0 Å². The van der Waals surface area contributed by atoms with Gasteiger partial charge in [-0.1, -0.05) is 146 Å². The summed E-state index contributed by atoms with van der Waals surface area (Å²) in [6.45, 7) is 0. The Labute approximate surface area is 234 Å². The molecule has 1 heteroatoms. The largest absolute Gasteiger partial charge is 0.308 e. The van der Waals surface area contributed by atoms with Crippen molar-refractivity contribution >= 4 is 27.8 Å². The van der Waals surface area contributed by atoms with Crippen LogP contribution in [-0.2, 0) is 0 Å². The molecule has 1 nitrogen and oxygen atoms in total. The molecule has 0 aliphatic rings. The fraction of sp³-hybridized carbons (Fsp3) is 0. The van der Waals surface area contributed by atoms with E-state index >= 15 is 0 Å². The average Bonchev–Trinajstić information content (AvgIpc) is 3.04. The topological polar surface area (TPSA) is 23.9 Å². The van der Waals surface area contributed by atoms with Crippen LogP contribution in [0, 0.1) is 5.41 Å². The molecule has 0 aliphatic heterocycles. The van der Waals surface area contributed by atoms with Crippen LogP contribution in [0.2, 0.25) is 0 Å². The zero-order valence-electron chi connectivity index (χ0n) is 22.0. The van der Waals surface area contributed by atoms with E-state index in [1.54, 1.807) is 0 Å². The summed E-state index contributed by atoms with van der Waals surface area (Å²) in [4.78, 5) is 0. The molecule has 188 valence electrons. The van der Waals surface area contributed by atoms with Gasteiger partial charge in [0.2, 0.25) is 0 Å². The fourth-order valence-corrected chi connectivity index (χ4v) is 5.84. The Morgan fingerprint density at radius 2 is 0.725 bits per heavy atom. The highest BCUT2D eigenvalue weighted by Crippen LogP contribution is 2.44. The highest BCUT2D eigenvalue weighted by molar-refractivity contribution is 6.21. The van der Waals surface area contributed by atoms with E-state index in [1.165, 1.54) is 66.7 Å². The standard InChI is InChI=1S/C39H27N/c40-26-27-17-19-29(20-18-27)30-21-23-31(24-22-30)38-34-13-4-6-15-36(34)39(37-16-7-5-14-35(37)38)33-12-8-11-32(25-33)28-9-2-1-3-10-28/h1-26,40H. The molecule has 40 heavy (non-hydrogen) atoms. The van der Waals surface area contributed by atoms with Gasteiger partial charge >= 0.3 is 0 Å². The summed E-state index contributed by atoms with van der Waals surface area (Å²) in [5, 5.41) is 12.5. The Bertz CT molecular complexity index is 1930. The minimum absolute atomic E-state index is 0.910. The predicted octanol–water partition coefficient (Wildman–Crippen LogP) is 10.7. The third kappa shape index (κ3) is 4.19. The molecule has 0 amide bonds. The normalized spacial score (nSPS) is 11.1. The summed E-state index contributed by atoms with van der Waals surface area (Å²) in [5.74, 6) is 0. The molecule has 1 N–H and O–H groups in total. The van der Waals surface area contributed by atoms with Gasteiger partial charge in [-0.15, -0.1) is 0 Å². The molecule has 0 heterocycles. The van der Waals surface area contributed by atoms with E-state index in [4.69, 9.17) is 5.41 Å². The van der Waals surface area contributed by atoms with Gasteiger partial charge in [0.05, 0.1) is 0 Å². The van der Waals surface area contributed by atoms with Crippen molar-refractivity contribution in [3.05, 3.63) is 157 Å². The second kappa shape index (κ2) is 10.1. The molecular formula is C39H27N. The minimum Gasteiger partial charge on any atom is -0.308 e. The van der Waals surface area contributed by atoms with Gasteiger partial charge in [0.15, 0.2) is 0 Å². The highest BCUT2D eigenvalue weighted by Gasteiger charge is 2.17. The fourth-order valence-electron chi connectivity index (χ4n) is 5.84. The van der Waals surface area contributed by atoms with Gasteiger partial charge < -0.3 is 5.41 Å². The van der Waals surface area contributed by atoms with E-state index in [-0.39, 0.29) is 0 Å². The van der Waals surface area contributed by atoms with Crippen LogP contribution < -0.4 is 0 Å². The lowest BCUT2D eigenvalue weighted by Gasteiger charge is -2.18. The van der Waals surface area contributed by atoms with Crippen LogP contribution in [0.3, 0.4) is 0 Å². The van der Waals surface area contributed by atoms with Crippen LogP contribution in [0.5, 0.6) is 0 Å². The molecule has 0 unspecified atom stereocenters. The van der Waals surface area contributed by atoms with Gasteiger partial charge in [-0.2, -0.15) is 0 Å². The Morgan fingerprint density at radius 1 is 0.325 bits per heavy atom. The van der Waals surface area contributed by atoms with E-state index in [9.17, 15) is 0 Å². The maximum absolute atomic E-state index is 7.47. The number of nitrogens with one attached hydrogen (secondary N) is 1. The van der Waals surface area contributed by atoms with Gasteiger partial charge in [-0.3, -0.25) is 0 Å². The smallest absolute Gasteiger partial charge is 0.0250 e. The summed E-state index contributed by atoms with van der Waals surface area (Å²) in [6.07, 6.45) is 1.38. The quantitative estimate of drug-likeness (QED) is 0.176. The van der Waals surface area contributed by atoms with Crippen LogP contribution in [0.1, 0.15) is 5.56 Å². The average molecular weight is 510 g/mol. The third-order valence-corrected chi connectivity index (χ3v) is 7.77. The monoisotopic (exact) mass is 509 g/mol. The van der Waals surface area contributed by atoms with Crippen LogP contribution in [-0.4, -0.2) is 6.21 Å². The van der Waals surface area contributed by atoms with Crippen LogP contribution in [0.4, 0.5) is 0 Å². The van der Waals surface area contributed by atoms with Gasteiger partial charge in [-0.25, -0.2) is 0 Å². The lowest BCUT2D eigenvalue weighted by atomic mass is 9.85. The molecular weight excluding hydrogens is 482 g/mol. The SMILES string of the molecule is N=Cc1ccc(-c2ccc(-c3c4ccccc4c(-c4cccc(-c5ccccc5)c4)c4ccccc34)cc2)cc1. The van der Waals surface area contributed by atoms with Crippen molar-refractivity contribution in [2.24, 2.45) is 0 Å². The lowest BCUT2D eigenvalue weighted by Crippen LogP contribution is -1.91. The molecule has 0 spiro atoms. The van der Waals surface area contributed by atoms with Gasteiger partial charge in [0.25, 0.3) is 0 Å². The first-order valence-corrected chi connectivity index (χ1v) is 13.6. The molecule has 0 atom stereocenters. The van der Waals surface area contributed by atoms with Crippen LogP contribution >= 0.6 is 0 Å². The molecule has 7 aromatic rings. The van der Waals surface area contributed by atoms with Gasteiger partial charge in [-0.05, 0) is 77.7 Å². The summed E-state index contributed by atoms with van der Waals surface area (Å²) < 4.78 is 0. The number of benzene rings is 7. The van der Waals surface area contributed by atoms with Crippen LogP contribution in [0.15, 0.2) is 152 Å². The van der Waals surface area contributed by atoms with Gasteiger partial charge in [0.1, 0.15) is 0 Å². The maximum Gasteiger partial charge on any atom is 0.0250 e. The Morgan fingerprint density at radius 3 is 1.27 bits per heavy atom. The number of rotatable bonds is 5. The molecule has 0 aliphatic carbocycles. The van der Waals surface area contributed by atoms with Crippen molar-refractivity contribution in [1.82, 2.24) is 0 Å². The van der Waals surface area contributed by atoms with E-state index in [0.717, 1.165) is 11.1 Å². The Balaban J connectivity index is 1.43. The molecule has 0 bridgehead atoms. The molecule has 7 rings (SSSR count). The van der Waals surface area contributed by atoms with E-state index in [1.807, 2.05) is 12.1 Å². The first-order chi connectivity index (χ1) is 19.8. The molecule has 0 fully saturated rings. The first kappa shape index (κ1) is 23.8. The molecule has 7 aromatic carbocycles. The van der Waals surface area contributed by atoms with Crippen molar-refractivity contribution in [3.63, 3.8) is 0 Å². The Hall–Kier alpha value is -5.27. The van der Waals surface area contributed by atoms with Crippen molar-refractivity contribution in [2.75, 3.05) is 0 Å². The number of fused-ring (bicyclic) bond motifs is 2. The van der Waals surface area contributed by atoms with Crippen molar-refractivity contribution in [1.29, 1.82) is 5.41 Å². The Kier molecular flexibility index (Phi) is 6.03. The number of hydrogen-bond donors (Lipinski definition) is 1. The molecule has 0 radical (unpaired) electrons. The first-order valence-electron chi connectivity index (χ1n) is 13.6. The second-order valence-corrected chi connectivity index (χ2v) is 10.1. The van der Waals surface area contributed by atoms with Crippen molar-refractivity contribution in [3.8, 4) is 44.5 Å². The summed E-state index contributed by atoms with van der Waals surface area (Å²) in [6, 6.07) is 54.1. The molecule has 0 saturated carbocycles. The highest BCUT2D eigenvalue weighted by atomic mass is 14.3. The number of hydrogen-bond acceptors (Lipinski definition) is 1. The molecule has 0 saturated heterocycles. The summed E-state index contributed by atoms with van der Waals surface area (Å²) in [5.41, 5.74) is 10.6. The van der Waals surface area contributed by atoms with Gasteiger partial charge in [0, 0.05) is 6.21 Å². The van der Waals surface area contributed by atoms with Crippen molar-refractivity contribution in [2.45, 2.75) is 0 Å². The zero-order chi connectivity index (χ0) is 26.9.